The van der Waals surface area contributed by atoms with Crippen LogP contribution in [0, 0.1) is 5.92 Å². The fraction of sp³-hybridized carbons (Fsp3) is 0.353. The van der Waals surface area contributed by atoms with Gasteiger partial charge in [0.15, 0.2) is 12.4 Å². The van der Waals surface area contributed by atoms with Gasteiger partial charge in [-0.1, -0.05) is 13.8 Å². The first-order chi connectivity index (χ1) is 12.0. The molecule has 2 aromatic rings. The molecule has 2 N–H and O–H groups in total. The Bertz CT molecular complexity index is 721. The first-order valence-corrected chi connectivity index (χ1v) is 8.66. The molecule has 0 atom stereocenters. The molecule has 7 nitrogen and oxygen atoms in total. The normalized spacial score (nSPS) is 10.5. The number of esters is 1. The van der Waals surface area contributed by atoms with E-state index in [4.69, 9.17) is 9.15 Å². The molecule has 25 heavy (non-hydrogen) atoms. The highest BCUT2D eigenvalue weighted by Gasteiger charge is 2.15. The maximum atomic E-state index is 11.9. The van der Waals surface area contributed by atoms with Crippen LogP contribution in [0.4, 0.5) is 5.00 Å². The Morgan fingerprint density at radius 1 is 1.24 bits per heavy atom. The summed E-state index contributed by atoms with van der Waals surface area (Å²) in [5.74, 6) is -0.685. The van der Waals surface area contributed by atoms with Crippen LogP contribution in [0.3, 0.4) is 0 Å². The van der Waals surface area contributed by atoms with E-state index in [9.17, 15) is 14.4 Å². The molecular weight excluding hydrogens is 344 g/mol. The van der Waals surface area contributed by atoms with Crippen LogP contribution in [-0.2, 0) is 9.53 Å². The molecule has 0 spiro atoms. The SMILES string of the molecule is CC(C)CCNC(=O)COC(=O)c1ccc(NC(=O)c2ccco2)s1. The van der Waals surface area contributed by atoms with Crippen LogP contribution >= 0.6 is 11.3 Å². The second-order valence-electron chi connectivity index (χ2n) is 5.70. The van der Waals surface area contributed by atoms with Crippen LogP contribution in [0.2, 0.25) is 0 Å². The second kappa shape index (κ2) is 9.03. The maximum Gasteiger partial charge on any atom is 0.348 e. The number of carbonyl (C=O) groups excluding carboxylic acids is 3. The van der Waals surface area contributed by atoms with E-state index in [0.29, 0.717) is 22.3 Å². The van der Waals surface area contributed by atoms with Gasteiger partial charge in [-0.2, -0.15) is 0 Å². The summed E-state index contributed by atoms with van der Waals surface area (Å²) >= 11 is 1.06. The van der Waals surface area contributed by atoms with Gasteiger partial charge in [-0.25, -0.2) is 4.79 Å². The monoisotopic (exact) mass is 364 g/mol. The Kier molecular flexibility index (Phi) is 6.76. The molecule has 134 valence electrons. The first-order valence-electron chi connectivity index (χ1n) is 7.84. The summed E-state index contributed by atoms with van der Waals surface area (Å²) in [6, 6.07) is 6.26. The Hall–Kier alpha value is -2.61. The van der Waals surface area contributed by atoms with Gasteiger partial charge in [-0.05, 0) is 36.6 Å². The summed E-state index contributed by atoms with van der Waals surface area (Å²) in [4.78, 5) is 35.7. The van der Waals surface area contributed by atoms with Gasteiger partial charge < -0.3 is 19.8 Å². The Morgan fingerprint density at radius 3 is 2.72 bits per heavy atom. The van der Waals surface area contributed by atoms with Crippen LogP contribution in [-0.4, -0.2) is 30.9 Å². The molecule has 2 amide bonds. The third-order valence-electron chi connectivity index (χ3n) is 3.17. The van der Waals surface area contributed by atoms with Crippen molar-refractivity contribution >= 4 is 34.1 Å². The van der Waals surface area contributed by atoms with Crippen LogP contribution in [0.5, 0.6) is 0 Å². The topological polar surface area (TPSA) is 97.6 Å². The van der Waals surface area contributed by atoms with Crippen molar-refractivity contribution < 1.29 is 23.5 Å². The van der Waals surface area contributed by atoms with Gasteiger partial charge in [-0.3, -0.25) is 9.59 Å². The highest BCUT2D eigenvalue weighted by Crippen LogP contribution is 2.23. The van der Waals surface area contributed by atoms with E-state index in [1.54, 1.807) is 12.1 Å². The molecule has 0 fully saturated rings. The number of nitrogens with one attached hydrogen (secondary N) is 2. The predicted octanol–water partition coefficient (Wildman–Crippen LogP) is 2.91. The zero-order chi connectivity index (χ0) is 18.2. The quantitative estimate of drug-likeness (QED) is 0.702. The number of hydrogen-bond donors (Lipinski definition) is 2. The number of furan rings is 1. The number of thiophene rings is 1. The van der Waals surface area contributed by atoms with E-state index in [-0.39, 0.29) is 18.3 Å². The van der Waals surface area contributed by atoms with E-state index in [0.717, 1.165) is 17.8 Å². The third kappa shape index (κ3) is 6.07. The smallest absolute Gasteiger partial charge is 0.348 e. The molecule has 0 aliphatic rings. The standard InChI is InChI=1S/C17H20N2O5S/c1-11(2)7-8-18-14(20)10-24-17(22)13-5-6-15(25-13)19-16(21)12-4-3-9-23-12/h3-6,9,11H,7-8,10H2,1-2H3,(H,18,20)(H,19,21). The molecule has 0 aliphatic heterocycles. The Labute approximate surface area is 149 Å². The largest absolute Gasteiger partial charge is 0.459 e. The van der Waals surface area contributed by atoms with Crippen molar-refractivity contribution in [3.05, 3.63) is 41.2 Å². The van der Waals surface area contributed by atoms with E-state index in [1.807, 2.05) is 0 Å². The lowest BCUT2D eigenvalue weighted by atomic mass is 10.1. The minimum absolute atomic E-state index is 0.176. The molecule has 0 saturated carbocycles. The van der Waals surface area contributed by atoms with Gasteiger partial charge in [0.25, 0.3) is 11.8 Å². The molecule has 0 aliphatic carbocycles. The van der Waals surface area contributed by atoms with Crippen molar-refractivity contribution in [2.75, 3.05) is 18.5 Å². The molecule has 2 heterocycles. The summed E-state index contributed by atoms with van der Waals surface area (Å²) in [5, 5.41) is 5.79. The molecule has 8 heteroatoms. The zero-order valence-electron chi connectivity index (χ0n) is 14.0. The van der Waals surface area contributed by atoms with E-state index in [1.165, 1.54) is 18.4 Å². The van der Waals surface area contributed by atoms with Gasteiger partial charge in [-0.15, -0.1) is 11.3 Å². The molecule has 0 radical (unpaired) electrons. The lowest BCUT2D eigenvalue weighted by Crippen LogP contribution is -2.30. The van der Waals surface area contributed by atoms with Gasteiger partial charge in [0, 0.05) is 6.54 Å². The van der Waals surface area contributed by atoms with Crippen molar-refractivity contribution in [3.8, 4) is 0 Å². The summed E-state index contributed by atoms with van der Waals surface area (Å²) in [6.45, 7) is 4.34. The maximum absolute atomic E-state index is 11.9. The highest BCUT2D eigenvalue weighted by atomic mass is 32.1. The Morgan fingerprint density at radius 2 is 2.04 bits per heavy atom. The van der Waals surface area contributed by atoms with E-state index < -0.39 is 11.9 Å². The predicted molar refractivity (Wildman–Crippen MR) is 93.7 cm³/mol. The molecular formula is C17H20N2O5S. The number of carbonyl (C=O) groups is 3. The summed E-state index contributed by atoms with van der Waals surface area (Å²) < 4.78 is 9.96. The number of rotatable bonds is 8. The minimum atomic E-state index is -0.609. The second-order valence-corrected chi connectivity index (χ2v) is 6.79. The minimum Gasteiger partial charge on any atom is -0.459 e. The summed E-state index contributed by atoms with van der Waals surface area (Å²) in [6.07, 6.45) is 2.27. The molecule has 2 rings (SSSR count). The number of anilines is 1. The van der Waals surface area contributed by atoms with Crippen molar-refractivity contribution in [1.82, 2.24) is 5.32 Å². The average Bonchev–Trinajstić information content (AvgIpc) is 3.23. The lowest BCUT2D eigenvalue weighted by molar-refractivity contribution is -0.124. The van der Waals surface area contributed by atoms with Crippen molar-refractivity contribution in [1.29, 1.82) is 0 Å². The van der Waals surface area contributed by atoms with E-state index >= 15 is 0 Å². The molecule has 0 saturated heterocycles. The van der Waals surface area contributed by atoms with Crippen molar-refractivity contribution in [2.24, 2.45) is 5.92 Å². The van der Waals surface area contributed by atoms with Crippen molar-refractivity contribution in [3.63, 3.8) is 0 Å². The van der Waals surface area contributed by atoms with Gasteiger partial charge in [0.1, 0.15) is 4.88 Å². The molecule has 0 aromatic carbocycles. The number of amides is 2. The first kappa shape index (κ1) is 18.7. The fourth-order valence-corrected chi connectivity index (χ4v) is 2.64. The van der Waals surface area contributed by atoms with Crippen LogP contribution in [0.15, 0.2) is 34.9 Å². The average molecular weight is 364 g/mol. The van der Waals surface area contributed by atoms with Gasteiger partial charge >= 0.3 is 5.97 Å². The molecule has 0 unspecified atom stereocenters. The molecule has 0 bridgehead atoms. The van der Waals surface area contributed by atoms with Crippen LogP contribution < -0.4 is 10.6 Å². The Balaban J connectivity index is 1.78. The number of hydrogen-bond acceptors (Lipinski definition) is 6. The van der Waals surface area contributed by atoms with Gasteiger partial charge in [0.05, 0.1) is 11.3 Å². The fourth-order valence-electron chi connectivity index (χ4n) is 1.85. The lowest BCUT2D eigenvalue weighted by Gasteiger charge is -2.07. The van der Waals surface area contributed by atoms with Crippen LogP contribution in [0.1, 0.15) is 40.5 Å². The molecule has 2 aromatic heterocycles. The third-order valence-corrected chi connectivity index (χ3v) is 4.15. The van der Waals surface area contributed by atoms with Crippen LogP contribution in [0.25, 0.3) is 0 Å². The zero-order valence-corrected chi connectivity index (χ0v) is 14.9. The highest BCUT2D eigenvalue weighted by molar-refractivity contribution is 7.18. The van der Waals surface area contributed by atoms with Crippen molar-refractivity contribution in [2.45, 2.75) is 20.3 Å². The number of ether oxygens (including phenoxy) is 1. The summed E-state index contributed by atoms with van der Waals surface area (Å²) in [5.41, 5.74) is 0. The summed E-state index contributed by atoms with van der Waals surface area (Å²) in [7, 11) is 0. The van der Waals surface area contributed by atoms with E-state index in [2.05, 4.69) is 24.5 Å². The van der Waals surface area contributed by atoms with Gasteiger partial charge in [0.2, 0.25) is 0 Å².